The summed E-state index contributed by atoms with van der Waals surface area (Å²) in [5.74, 6) is -0.149. The number of amides is 2. The number of carbonyl (C=O) groups is 2. The summed E-state index contributed by atoms with van der Waals surface area (Å²) in [6, 6.07) is 0. The van der Waals surface area contributed by atoms with Crippen LogP contribution in [-0.4, -0.2) is 63.4 Å². The van der Waals surface area contributed by atoms with Crippen molar-refractivity contribution in [3.8, 4) is 0 Å². The lowest BCUT2D eigenvalue weighted by atomic mass is 10.1. The maximum Gasteiger partial charge on any atom is 0.425 e. The third-order valence-electron chi connectivity index (χ3n) is 6.87. The first kappa shape index (κ1) is 32.2. The second-order valence-electron chi connectivity index (χ2n) is 13.6. The van der Waals surface area contributed by atoms with E-state index in [9.17, 15) is 9.59 Å². The standard InChI is InChI=1S/C27H44ClN5O6Si/c1-13-16-14-17(39-40(11,12)27(8,9)10)21(36-16)32-15-29-18-19(32)30-22(28)31-20(18)33(23(34)37-25(2,3)4)24(35)38-26(5,6)7/h15-17,21H,13-14H2,1-12H3/t16-,17-,21-/m1/s1. The van der Waals surface area contributed by atoms with E-state index in [4.69, 9.17) is 30.2 Å². The molecule has 0 spiro atoms. The van der Waals surface area contributed by atoms with Gasteiger partial charge in [0.1, 0.15) is 11.2 Å². The van der Waals surface area contributed by atoms with E-state index in [0.29, 0.717) is 11.3 Å². The van der Waals surface area contributed by atoms with Crippen LogP contribution in [0.25, 0.3) is 11.2 Å². The van der Waals surface area contributed by atoms with Gasteiger partial charge >= 0.3 is 12.2 Å². The molecule has 3 heterocycles. The fraction of sp³-hybridized carbons (Fsp3) is 0.741. The summed E-state index contributed by atoms with van der Waals surface area (Å²) in [5.41, 5.74) is -1.34. The van der Waals surface area contributed by atoms with Gasteiger partial charge in [-0.2, -0.15) is 14.9 Å². The number of aromatic nitrogens is 4. The molecule has 0 radical (unpaired) electrons. The second-order valence-corrected chi connectivity index (χ2v) is 18.7. The lowest BCUT2D eigenvalue weighted by Crippen LogP contribution is -2.45. The van der Waals surface area contributed by atoms with Crippen molar-refractivity contribution in [1.82, 2.24) is 19.5 Å². The second kappa shape index (κ2) is 11.2. The van der Waals surface area contributed by atoms with Crippen molar-refractivity contribution >= 4 is 49.1 Å². The molecule has 1 fully saturated rings. The number of halogens is 1. The summed E-state index contributed by atoms with van der Waals surface area (Å²) in [5, 5.41) is -0.188. The molecular weight excluding hydrogens is 554 g/mol. The van der Waals surface area contributed by atoms with E-state index in [1.807, 2.05) is 0 Å². The Morgan fingerprint density at radius 3 is 2.08 bits per heavy atom. The average molecular weight is 598 g/mol. The van der Waals surface area contributed by atoms with Crippen molar-refractivity contribution in [3.05, 3.63) is 11.6 Å². The minimum Gasteiger partial charge on any atom is -0.443 e. The molecule has 3 rings (SSSR count). The number of ether oxygens (including phenoxy) is 3. The van der Waals surface area contributed by atoms with Gasteiger partial charge in [0.05, 0.1) is 18.5 Å². The zero-order valence-electron chi connectivity index (χ0n) is 25.8. The highest BCUT2D eigenvalue weighted by Crippen LogP contribution is 2.43. The number of imide groups is 1. The van der Waals surface area contributed by atoms with E-state index in [1.54, 1.807) is 52.4 Å². The normalized spacial score (nSPS) is 20.6. The number of anilines is 1. The zero-order valence-corrected chi connectivity index (χ0v) is 27.5. The van der Waals surface area contributed by atoms with E-state index < -0.39 is 37.9 Å². The average Bonchev–Trinajstić information content (AvgIpc) is 3.33. The molecule has 2 aromatic heterocycles. The van der Waals surface area contributed by atoms with Crippen LogP contribution < -0.4 is 4.90 Å². The Morgan fingerprint density at radius 1 is 1.05 bits per heavy atom. The molecule has 0 aromatic carbocycles. The molecule has 2 aromatic rings. The Bertz CT molecular complexity index is 1220. The molecule has 1 aliphatic heterocycles. The van der Waals surface area contributed by atoms with E-state index in [2.05, 4.69) is 55.7 Å². The Balaban J connectivity index is 2.14. The van der Waals surface area contributed by atoms with Gasteiger partial charge in [0.25, 0.3) is 0 Å². The number of fused-ring (bicyclic) bond motifs is 1. The summed E-state index contributed by atoms with van der Waals surface area (Å²) in [4.78, 5) is 40.5. The first-order valence-electron chi connectivity index (χ1n) is 13.6. The highest BCUT2D eigenvalue weighted by Gasteiger charge is 2.46. The van der Waals surface area contributed by atoms with Crippen molar-refractivity contribution in [2.75, 3.05) is 4.90 Å². The Labute approximate surface area is 243 Å². The van der Waals surface area contributed by atoms with Crippen LogP contribution in [0.4, 0.5) is 15.4 Å². The molecule has 11 nitrogen and oxygen atoms in total. The predicted octanol–water partition coefficient (Wildman–Crippen LogP) is 7.24. The molecule has 0 bridgehead atoms. The molecule has 0 N–H and O–H groups in total. The van der Waals surface area contributed by atoms with Gasteiger partial charge in [-0.05, 0) is 77.7 Å². The number of rotatable bonds is 5. The van der Waals surface area contributed by atoms with Crippen LogP contribution in [0.3, 0.4) is 0 Å². The molecule has 3 atom stereocenters. The van der Waals surface area contributed by atoms with Gasteiger partial charge in [-0.1, -0.05) is 27.7 Å². The van der Waals surface area contributed by atoms with E-state index in [0.717, 1.165) is 6.42 Å². The van der Waals surface area contributed by atoms with Crippen LogP contribution in [0.1, 0.15) is 88.3 Å². The SMILES string of the molecule is CC[C@@H]1C[C@@H](O[Si](C)(C)C(C)(C)C)[C@H](n2cnc3c(N(C(=O)OC(C)(C)C)C(=O)OC(C)(C)C)nc(Cl)nc32)O1. The molecule has 13 heteroatoms. The lowest BCUT2D eigenvalue weighted by Gasteiger charge is -2.39. The number of hydrogen-bond acceptors (Lipinski definition) is 9. The summed E-state index contributed by atoms with van der Waals surface area (Å²) in [6.07, 6.45) is 0.297. The number of hydrogen-bond donors (Lipinski definition) is 0. The summed E-state index contributed by atoms with van der Waals surface area (Å²) in [6.45, 7) is 23.2. The van der Waals surface area contributed by atoms with Crippen LogP contribution in [0.2, 0.25) is 23.4 Å². The van der Waals surface area contributed by atoms with Crippen LogP contribution in [-0.2, 0) is 18.6 Å². The van der Waals surface area contributed by atoms with Crippen molar-refractivity contribution in [3.63, 3.8) is 0 Å². The first-order chi connectivity index (χ1) is 18.1. The van der Waals surface area contributed by atoms with E-state index in [-0.39, 0.29) is 39.5 Å². The number of carbonyl (C=O) groups excluding carboxylic acids is 2. The molecule has 40 heavy (non-hydrogen) atoms. The van der Waals surface area contributed by atoms with Gasteiger partial charge in [0, 0.05) is 6.42 Å². The van der Waals surface area contributed by atoms with Crippen molar-refractivity contribution in [2.24, 2.45) is 0 Å². The van der Waals surface area contributed by atoms with Crippen LogP contribution in [0, 0.1) is 0 Å². The summed E-state index contributed by atoms with van der Waals surface area (Å²) >= 11 is 6.38. The Kier molecular flexibility index (Phi) is 9.01. The maximum absolute atomic E-state index is 13.3. The molecule has 224 valence electrons. The number of imidazole rings is 1. The van der Waals surface area contributed by atoms with Gasteiger partial charge in [-0.25, -0.2) is 14.6 Å². The van der Waals surface area contributed by atoms with Gasteiger partial charge < -0.3 is 18.6 Å². The van der Waals surface area contributed by atoms with Gasteiger partial charge in [-0.3, -0.25) is 4.57 Å². The van der Waals surface area contributed by atoms with Crippen LogP contribution in [0.15, 0.2) is 6.33 Å². The predicted molar refractivity (Wildman–Crippen MR) is 156 cm³/mol. The maximum atomic E-state index is 13.3. The zero-order chi connectivity index (χ0) is 30.4. The van der Waals surface area contributed by atoms with Crippen molar-refractivity contribution < 1.29 is 28.2 Å². The molecule has 1 saturated heterocycles. The highest BCUT2D eigenvalue weighted by molar-refractivity contribution is 6.74. The lowest BCUT2D eigenvalue weighted by molar-refractivity contribution is -0.0320. The van der Waals surface area contributed by atoms with Gasteiger partial charge in [-0.15, -0.1) is 0 Å². The minimum atomic E-state index is -2.15. The van der Waals surface area contributed by atoms with Gasteiger partial charge in [0.15, 0.2) is 31.5 Å². The first-order valence-corrected chi connectivity index (χ1v) is 16.9. The number of nitrogens with zero attached hydrogens (tertiary/aromatic N) is 5. The fourth-order valence-corrected chi connectivity index (χ4v) is 5.45. The molecule has 2 amide bonds. The smallest absolute Gasteiger partial charge is 0.425 e. The largest absolute Gasteiger partial charge is 0.443 e. The van der Waals surface area contributed by atoms with E-state index >= 15 is 0 Å². The molecule has 0 aliphatic carbocycles. The Morgan fingerprint density at radius 2 is 1.60 bits per heavy atom. The highest BCUT2D eigenvalue weighted by atomic mass is 35.5. The molecule has 1 aliphatic rings. The van der Waals surface area contributed by atoms with Crippen LogP contribution >= 0.6 is 11.6 Å². The monoisotopic (exact) mass is 597 g/mol. The van der Waals surface area contributed by atoms with E-state index in [1.165, 1.54) is 0 Å². The summed E-state index contributed by atoms with van der Waals surface area (Å²) < 4.78 is 26.0. The van der Waals surface area contributed by atoms with Crippen molar-refractivity contribution in [1.29, 1.82) is 0 Å². The summed E-state index contributed by atoms with van der Waals surface area (Å²) in [7, 11) is -2.15. The topological polar surface area (TPSA) is 118 Å². The van der Waals surface area contributed by atoms with Crippen molar-refractivity contribution in [2.45, 2.75) is 130 Å². The molecule has 0 unspecified atom stereocenters. The third kappa shape index (κ3) is 7.31. The molecule has 0 saturated carbocycles. The van der Waals surface area contributed by atoms with Crippen LogP contribution in [0.5, 0.6) is 0 Å². The molecular formula is C27H44ClN5O6Si. The third-order valence-corrected chi connectivity index (χ3v) is 11.5. The Hall–Kier alpha value is -2.28. The minimum absolute atomic E-state index is 0.00115. The quantitative estimate of drug-likeness (QED) is 0.259. The van der Waals surface area contributed by atoms with Gasteiger partial charge in [0.2, 0.25) is 5.28 Å². The fourth-order valence-electron chi connectivity index (χ4n) is 3.97.